The van der Waals surface area contributed by atoms with Gasteiger partial charge in [-0.05, 0) is 34.9 Å². The van der Waals surface area contributed by atoms with Crippen molar-refractivity contribution in [3.8, 4) is 0 Å². The van der Waals surface area contributed by atoms with E-state index in [4.69, 9.17) is 16.3 Å². The molecule has 11 heteroatoms. The van der Waals surface area contributed by atoms with E-state index in [0.717, 1.165) is 16.0 Å². The van der Waals surface area contributed by atoms with Gasteiger partial charge in [0.1, 0.15) is 12.1 Å². The molecule has 1 unspecified atom stereocenters. The summed E-state index contributed by atoms with van der Waals surface area (Å²) in [7, 11) is 1.30. The summed E-state index contributed by atoms with van der Waals surface area (Å²) in [6.07, 6.45) is 1.03. The van der Waals surface area contributed by atoms with Gasteiger partial charge < -0.3 is 20.1 Å². The molecule has 2 aromatic rings. The van der Waals surface area contributed by atoms with Crippen LogP contribution in [-0.4, -0.2) is 63.6 Å². The topological polar surface area (TPSA) is 112 Å². The molecule has 0 radical (unpaired) electrons. The number of halogens is 1. The number of hydrogen-bond acceptors (Lipinski definition) is 7. The third-order valence-corrected chi connectivity index (χ3v) is 8.98. The van der Waals surface area contributed by atoms with Gasteiger partial charge in [0.05, 0.1) is 19.7 Å². The van der Waals surface area contributed by atoms with Crippen LogP contribution >= 0.6 is 22.9 Å². The molecule has 206 valence electrons. The van der Waals surface area contributed by atoms with Gasteiger partial charge in [-0.25, -0.2) is 14.6 Å². The average Bonchev–Trinajstić information content (AvgIpc) is 3.57. The van der Waals surface area contributed by atoms with Crippen LogP contribution in [0.25, 0.3) is 0 Å². The minimum absolute atomic E-state index is 0.163. The van der Waals surface area contributed by atoms with Crippen molar-refractivity contribution in [3.05, 3.63) is 45.4 Å². The monoisotopic (exact) mass is 562 g/mol. The predicted molar refractivity (Wildman–Crippen MR) is 146 cm³/mol. The molecular weight excluding hydrogens is 528 g/mol. The van der Waals surface area contributed by atoms with Crippen LogP contribution in [0.5, 0.6) is 0 Å². The fraction of sp³-hybridized carbons (Fsp3) is 0.556. The van der Waals surface area contributed by atoms with Gasteiger partial charge in [0.2, 0.25) is 5.91 Å². The number of carbonyl (C=O) groups is 3. The summed E-state index contributed by atoms with van der Waals surface area (Å²) >= 11 is 7.92. The van der Waals surface area contributed by atoms with Gasteiger partial charge >= 0.3 is 12.1 Å². The summed E-state index contributed by atoms with van der Waals surface area (Å²) in [6, 6.07) is 3.40. The molecule has 38 heavy (non-hydrogen) atoms. The quantitative estimate of drug-likeness (QED) is 0.455. The number of nitrogens with one attached hydrogen (secondary N) is 1. The van der Waals surface area contributed by atoms with E-state index in [2.05, 4.69) is 24.1 Å². The molecule has 1 aromatic carbocycles. The van der Waals surface area contributed by atoms with Crippen LogP contribution in [0, 0.1) is 11.3 Å². The van der Waals surface area contributed by atoms with E-state index in [1.165, 1.54) is 23.3 Å². The summed E-state index contributed by atoms with van der Waals surface area (Å²) in [5, 5.41) is 14.5. The summed E-state index contributed by atoms with van der Waals surface area (Å²) in [5.74, 6) is -0.763. The third kappa shape index (κ3) is 5.33. The second-order valence-electron chi connectivity index (χ2n) is 11.4. The SMILES string of the molecule is COC(=O)[C@@H]1C[C@@H](C2c3cccc(Cl)c3CN2C(=O)O)CN1C(=O)[C@@H](Nc1ncc(C(C)C)s1)C(C)(C)C. The summed E-state index contributed by atoms with van der Waals surface area (Å²) in [6.45, 7) is 10.4. The molecule has 1 aromatic heterocycles. The van der Waals surface area contributed by atoms with Gasteiger partial charge in [-0.3, -0.25) is 9.69 Å². The maximum absolute atomic E-state index is 14.1. The zero-order valence-corrected chi connectivity index (χ0v) is 24.1. The molecule has 3 heterocycles. The molecule has 0 bridgehead atoms. The Morgan fingerprint density at radius 1 is 1.24 bits per heavy atom. The number of carbonyl (C=O) groups excluding carboxylic acids is 2. The molecule has 1 saturated heterocycles. The number of carboxylic acid groups (broad SMARTS) is 1. The van der Waals surface area contributed by atoms with Crippen molar-refractivity contribution >= 4 is 46.0 Å². The summed E-state index contributed by atoms with van der Waals surface area (Å²) in [5.41, 5.74) is 1.08. The second-order valence-corrected chi connectivity index (χ2v) is 12.8. The number of benzene rings is 1. The van der Waals surface area contributed by atoms with Crippen molar-refractivity contribution in [3.63, 3.8) is 0 Å². The minimum Gasteiger partial charge on any atom is -0.467 e. The molecule has 2 N–H and O–H groups in total. The highest BCUT2D eigenvalue weighted by molar-refractivity contribution is 7.15. The van der Waals surface area contributed by atoms with Crippen LogP contribution in [0.1, 0.15) is 69.0 Å². The molecule has 2 aliphatic heterocycles. The molecule has 2 amide bonds. The number of anilines is 1. The first-order valence-electron chi connectivity index (χ1n) is 12.7. The highest BCUT2D eigenvalue weighted by atomic mass is 35.5. The van der Waals surface area contributed by atoms with E-state index < -0.39 is 35.6 Å². The Bertz CT molecular complexity index is 1230. The fourth-order valence-electron chi connectivity index (χ4n) is 5.41. The Kier molecular flexibility index (Phi) is 7.95. The number of rotatable bonds is 6. The lowest BCUT2D eigenvalue weighted by molar-refractivity contribution is -0.151. The van der Waals surface area contributed by atoms with E-state index in [-0.39, 0.29) is 31.3 Å². The zero-order chi connectivity index (χ0) is 27.9. The molecular formula is C27H35ClN4O5S. The van der Waals surface area contributed by atoms with E-state index in [0.29, 0.717) is 16.1 Å². The predicted octanol–water partition coefficient (Wildman–Crippen LogP) is 5.37. The van der Waals surface area contributed by atoms with E-state index in [1.54, 1.807) is 17.0 Å². The van der Waals surface area contributed by atoms with Crippen LogP contribution in [0.4, 0.5) is 9.93 Å². The van der Waals surface area contributed by atoms with Crippen molar-refractivity contribution in [2.24, 2.45) is 11.3 Å². The molecule has 2 aliphatic rings. The maximum Gasteiger partial charge on any atom is 0.408 e. The number of esters is 1. The van der Waals surface area contributed by atoms with Crippen LogP contribution in [0.15, 0.2) is 24.4 Å². The van der Waals surface area contributed by atoms with E-state index in [9.17, 15) is 19.5 Å². The van der Waals surface area contributed by atoms with Crippen LogP contribution in [0.3, 0.4) is 0 Å². The number of thiazole rings is 1. The smallest absolute Gasteiger partial charge is 0.408 e. The highest BCUT2D eigenvalue weighted by Crippen LogP contribution is 2.46. The largest absolute Gasteiger partial charge is 0.467 e. The number of methoxy groups -OCH3 is 1. The molecule has 4 rings (SSSR count). The van der Waals surface area contributed by atoms with Crippen molar-refractivity contribution in [2.45, 2.75) is 71.6 Å². The normalized spacial score (nSPS) is 21.9. The third-order valence-electron chi connectivity index (χ3n) is 7.39. The van der Waals surface area contributed by atoms with Gasteiger partial charge in [-0.1, -0.05) is 58.4 Å². The first-order chi connectivity index (χ1) is 17.8. The summed E-state index contributed by atoms with van der Waals surface area (Å²) in [4.78, 5) is 47.7. The second kappa shape index (κ2) is 10.7. The average molecular weight is 563 g/mol. The van der Waals surface area contributed by atoms with Gasteiger partial charge in [0.15, 0.2) is 5.13 Å². The number of likely N-dealkylation sites (tertiary alicyclic amines) is 1. The van der Waals surface area contributed by atoms with Crippen LogP contribution < -0.4 is 5.32 Å². The molecule has 0 spiro atoms. The van der Waals surface area contributed by atoms with Crippen molar-refractivity contribution in [1.82, 2.24) is 14.8 Å². The van der Waals surface area contributed by atoms with Crippen LogP contribution in [0.2, 0.25) is 5.02 Å². The number of hydrogen-bond donors (Lipinski definition) is 2. The standard InChI is InChI=1S/C27H35ClN4O5S/c1-14(2)20-11-29-25(38-20)30-22(27(3,4)5)23(33)31-12-15(10-19(31)24(34)37-6)21-16-8-7-9-18(28)17(16)13-32(21)26(35)36/h7-9,11,14-15,19,21-22H,10,12-13H2,1-6H3,(H,29,30)(H,35,36)/t15-,19+,21?,22-/m1/s1. The zero-order valence-electron chi connectivity index (χ0n) is 22.5. The number of aromatic nitrogens is 1. The van der Waals surface area contributed by atoms with Crippen molar-refractivity contribution < 1.29 is 24.2 Å². The number of fused-ring (bicyclic) bond motifs is 1. The van der Waals surface area contributed by atoms with E-state index in [1.807, 2.05) is 33.0 Å². The molecule has 0 saturated carbocycles. The molecule has 9 nitrogen and oxygen atoms in total. The Labute approximate surface area is 232 Å². The van der Waals surface area contributed by atoms with Gasteiger partial charge in [-0.15, -0.1) is 11.3 Å². The minimum atomic E-state index is -1.07. The Balaban J connectivity index is 1.67. The maximum atomic E-state index is 14.1. The lowest BCUT2D eigenvalue weighted by Gasteiger charge is -2.35. The highest BCUT2D eigenvalue weighted by Gasteiger charge is 2.50. The van der Waals surface area contributed by atoms with Gasteiger partial charge in [0, 0.05) is 28.6 Å². The van der Waals surface area contributed by atoms with Gasteiger partial charge in [-0.2, -0.15) is 0 Å². The fourth-order valence-corrected chi connectivity index (χ4v) is 6.50. The first kappa shape index (κ1) is 28.2. The Hall–Kier alpha value is -2.85. The lowest BCUT2D eigenvalue weighted by Crippen LogP contribution is -2.52. The van der Waals surface area contributed by atoms with E-state index >= 15 is 0 Å². The molecule has 0 aliphatic carbocycles. The number of ether oxygens (including phenoxy) is 1. The van der Waals surface area contributed by atoms with Crippen molar-refractivity contribution in [1.29, 1.82) is 0 Å². The summed E-state index contributed by atoms with van der Waals surface area (Å²) < 4.78 is 5.09. The van der Waals surface area contributed by atoms with Crippen LogP contribution in [-0.2, 0) is 20.9 Å². The molecule has 1 fully saturated rings. The lowest BCUT2D eigenvalue weighted by atomic mass is 9.85. The Morgan fingerprint density at radius 2 is 1.95 bits per heavy atom. The Morgan fingerprint density at radius 3 is 2.53 bits per heavy atom. The van der Waals surface area contributed by atoms with Gasteiger partial charge in [0.25, 0.3) is 0 Å². The molecule has 4 atom stereocenters. The number of nitrogens with zero attached hydrogens (tertiary/aromatic N) is 3. The van der Waals surface area contributed by atoms with Crippen molar-refractivity contribution in [2.75, 3.05) is 19.0 Å². The number of amides is 2. The first-order valence-corrected chi connectivity index (χ1v) is 13.9.